The fourth-order valence-corrected chi connectivity index (χ4v) is 2.25. The lowest BCUT2D eigenvalue weighted by molar-refractivity contribution is 0.122. The van der Waals surface area contributed by atoms with E-state index < -0.39 is 0 Å². The number of rotatable bonds is 2. The molecule has 0 amide bonds. The highest BCUT2D eigenvalue weighted by Crippen LogP contribution is 2.24. The second-order valence-corrected chi connectivity index (χ2v) is 4.43. The van der Waals surface area contributed by atoms with Crippen LogP contribution in [0.1, 0.15) is 5.56 Å². The van der Waals surface area contributed by atoms with E-state index >= 15 is 0 Å². The van der Waals surface area contributed by atoms with Gasteiger partial charge in [0.15, 0.2) is 0 Å². The van der Waals surface area contributed by atoms with Crippen LogP contribution in [0.2, 0.25) is 0 Å². The Balaban J connectivity index is 2.17. The summed E-state index contributed by atoms with van der Waals surface area (Å²) >= 11 is 3.54. The van der Waals surface area contributed by atoms with Crippen molar-refractivity contribution in [3.63, 3.8) is 0 Å². The van der Waals surface area contributed by atoms with E-state index in [1.807, 2.05) is 0 Å². The molecule has 0 spiro atoms. The van der Waals surface area contributed by atoms with Gasteiger partial charge in [-0.05, 0) is 17.7 Å². The number of anilines is 1. The molecular formula is C11H15BrN2O. The number of hydrogen-bond donors (Lipinski definition) is 1. The normalized spacial score (nSPS) is 16.8. The molecule has 1 aliphatic rings. The van der Waals surface area contributed by atoms with Gasteiger partial charge in [0, 0.05) is 29.8 Å². The maximum atomic E-state index is 5.62. The number of halogens is 1. The van der Waals surface area contributed by atoms with Gasteiger partial charge in [-0.2, -0.15) is 0 Å². The SMILES string of the molecule is NCc1ccc(N2CCOCC2)cc1Br. The van der Waals surface area contributed by atoms with Gasteiger partial charge >= 0.3 is 0 Å². The van der Waals surface area contributed by atoms with Crippen molar-refractivity contribution in [1.82, 2.24) is 0 Å². The average molecular weight is 271 g/mol. The van der Waals surface area contributed by atoms with Gasteiger partial charge in [0.25, 0.3) is 0 Å². The van der Waals surface area contributed by atoms with Gasteiger partial charge < -0.3 is 15.4 Å². The minimum Gasteiger partial charge on any atom is -0.378 e. The number of benzene rings is 1. The Bertz CT molecular complexity index is 337. The molecule has 15 heavy (non-hydrogen) atoms. The third kappa shape index (κ3) is 2.51. The summed E-state index contributed by atoms with van der Waals surface area (Å²) in [5, 5.41) is 0. The molecule has 0 aliphatic carbocycles. The molecule has 1 heterocycles. The first kappa shape index (κ1) is 10.9. The van der Waals surface area contributed by atoms with Gasteiger partial charge in [0.05, 0.1) is 13.2 Å². The third-order valence-corrected chi connectivity index (χ3v) is 3.37. The molecule has 0 unspecified atom stereocenters. The molecule has 0 bridgehead atoms. The second kappa shape index (κ2) is 4.96. The molecule has 1 aromatic rings. The Morgan fingerprint density at radius 1 is 1.33 bits per heavy atom. The predicted octanol–water partition coefficient (Wildman–Crippen LogP) is 1.74. The van der Waals surface area contributed by atoms with Crippen molar-refractivity contribution < 1.29 is 4.74 Å². The first-order valence-corrected chi connectivity index (χ1v) is 5.92. The van der Waals surface area contributed by atoms with Gasteiger partial charge in [-0.1, -0.05) is 22.0 Å². The summed E-state index contributed by atoms with van der Waals surface area (Å²) in [6.45, 7) is 4.14. The van der Waals surface area contributed by atoms with E-state index in [1.54, 1.807) is 0 Å². The van der Waals surface area contributed by atoms with Crippen LogP contribution >= 0.6 is 15.9 Å². The summed E-state index contributed by atoms with van der Waals surface area (Å²) in [5.41, 5.74) is 8.00. The number of nitrogens with zero attached hydrogens (tertiary/aromatic N) is 1. The van der Waals surface area contributed by atoms with E-state index in [9.17, 15) is 0 Å². The van der Waals surface area contributed by atoms with Crippen molar-refractivity contribution in [3.8, 4) is 0 Å². The van der Waals surface area contributed by atoms with E-state index in [-0.39, 0.29) is 0 Å². The minimum absolute atomic E-state index is 0.573. The molecule has 2 N–H and O–H groups in total. The summed E-state index contributed by atoms with van der Waals surface area (Å²) in [6, 6.07) is 6.33. The van der Waals surface area contributed by atoms with E-state index in [1.165, 1.54) is 5.69 Å². The minimum atomic E-state index is 0.573. The van der Waals surface area contributed by atoms with Crippen LogP contribution in [0.25, 0.3) is 0 Å². The van der Waals surface area contributed by atoms with Crippen molar-refractivity contribution in [2.45, 2.75) is 6.54 Å². The van der Waals surface area contributed by atoms with E-state index in [2.05, 4.69) is 39.0 Å². The van der Waals surface area contributed by atoms with Gasteiger partial charge in [-0.3, -0.25) is 0 Å². The van der Waals surface area contributed by atoms with Gasteiger partial charge in [0.1, 0.15) is 0 Å². The van der Waals surface area contributed by atoms with Crippen molar-refractivity contribution >= 4 is 21.6 Å². The van der Waals surface area contributed by atoms with Crippen LogP contribution < -0.4 is 10.6 Å². The summed E-state index contributed by atoms with van der Waals surface area (Å²) in [5.74, 6) is 0. The fraction of sp³-hybridized carbons (Fsp3) is 0.455. The Hall–Kier alpha value is -0.580. The number of hydrogen-bond acceptors (Lipinski definition) is 3. The van der Waals surface area contributed by atoms with Gasteiger partial charge in [-0.15, -0.1) is 0 Å². The Kier molecular flexibility index (Phi) is 3.61. The fourth-order valence-electron chi connectivity index (χ4n) is 1.72. The van der Waals surface area contributed by atoms with E-state index in [0.29, 0.717) is 6.54 Å². The molecule has 1 saturated heterocycles. The second-order valence-electron chi connectivity index (χ2n) is 3.58. The first-order chi connectivity index (χ1) is 7.31. The van der Waals surface area contributed by atoms with Crippen molar-refractivity contribution in [2.24, 2.45) is 5.73 Å². The van der Waals surface area contributed by atoms with Crippen LogP contribution in [-0.4, -0.2) is 26.3 Å². The molecule has 1 fully saturated rings. The standard InChI is InChI=1S/C11H15BrN2O/c12-11-7-10(2-1-9(11)8-13)14-3-5-15-6-4-14/h1-2,7H,3-6,8,13H2. The van der Waals surface area contributed by atoms with Crippen LogP contribution in [0, 0.1) is 0 Å². The number of nitrogens with two attached hydrogens (primary N) is 1. The Morgan fingerprint density at radius 3 is 2.67 bits per heavy atom. The molecule has 3 nitrogen and oxygen atoms in total. The summed E-state index contributed by atoms with van der Waals surface area (Å²) < 4.78 is 6.41. The van der Waals surface area contributed by atoms with Crippen LogP contribution in [-0.2, 0) is 11.3 Å². The zero-order valence-electron chi connectivity index (χ0n) is 8.58. The monoisotopic (exact) mass is 270 g/mol. The molecule has 0 radical (unpaired) electrons. The topological polar surface area (TPSA) is 38.5 Å². The molecular weight excluding hydrogens is 256 g/mol. The largest absolute Gasteiger partial charge is 0.378 e. The van der Waals surface area contributed by atoms with Crippen LogP contribution in [0.5, 0.6) is 0 Å². The summed E-state index contributed by atoms with van der Waals surface area (Å²) in [6.07, 6.45) is 0. The molecule has 1 aliphatic heterocycles. The quantitative estimate of drug-likeness (QED) is 0.890. The third-order valence-electron chi connectivity index (χ3n) is 2.63. The molecule has 82 valence electrons. The number of ether oxygens (including phenoxy) is 1. The lowest BCUT2D eigenvalue weighted by atomic mass is 10.2. The molecule has 2 rings (SSSR count). The predicted molar refractivity (Wildman–Crippen MR) is 65.1 cm³/mol. The molecule has 0 saturated carbocycles. The average Bonchev–Trinajstić information content (AvgIpc) is 2.30. The highest BCUT2D eigenvalue weighted by Gasteiger charge is 2.11. The van der Waals surface area contributed by atoms with Gasteiger partial charge in [-0.25, -0.2) is 0 Å². The lowest BCUT2D eigenvalue weighted by Gasteiger charge is -2.29. The van der Waals surface area contributed by atoms with Crippen LogP contribution in [0.15, 0.2) is 22.7 Å². The van der Waals surface area contributed by atoms with Crippen molar-refractivity contribution in [1.29, 1.82) is 0 Å². The lowest BCUT2D eigenvalue weighted by Crippen LogP contribution is -2.36. The zero-order chi connectivity index (χ0) is 10.7. The van der Waals surface area contributed by atoms with E-state index in [4.69, 9.17) is 10.5 Å². The van der Waals surface area contributed by atoms with Crippen molar-refractivity contribution in [2.75, 3.05) is 31.2 Å². The summed E-state index contributed by atoms with van der Waals surface area (Å²) in [4.78, 5) is 2.33. The summed E-state index contributed by atoms with van der Waals surface area (Å²) in [7, 11) is 0. The molecule has 0 aromatic heterocycles. The van der Waals surface area contributed by atoms with Crippen molar-refractivity contribution in [3.05, 3.63) is 28.2 Å². The van der Waals surface area contributed by atoms with E-state index in [0.717, 1.165) is 36.3 Å². The highest BCUT2D eigenvalue weighted by atomic mass is 79.9. The molecule has 0 atom stereocenters. The van der Waals surface area contributed by atoms with Crippen LogP contribution in [0.4, 0.5) is 5.69 Å². The molecule has 1 aromatic carbocycles. The van der Waals surface area contributed by atoms with Gasteiger partial charge in [0.2, 0.25) is 0 Å². The maximum Gasteiger partial charge on any atom is 0.0642 e. The maximum absolute atomic E-state index is 5.62. The smallest absolute Gasteiger partial charge is 0.0642 e. The Morgan fingerprint density at radius 2 is 2.07 bits per heavy atom. The highest BCUT2D eigenvalue weighted by molar-refractivity contribution is 9.10. The Labute approximate surface area is 98.3 Å². The van der Waals surface area contributed by atoms with Crippen LogP contribution in [0.3, 0.4) is 0 Å². The number of morpholine rings is 1. The first-order valence-electron chi connectivity index (χ1n) is 5.12. The molecule has 4 heteroatoms. The zero-order valence-corrected chi connectivity index (χ0v) is 10.2.